The lowest BCUT2D eigenvalue weighted by Crippen LogP contribution is -2.21. The van der Waals surface area contributed by atoms with Gasteiger partial charge in [-0.25, -0.2) is 0 Å². The van der Waals surface area contributed by atoms with E-state index in [2.05, 4.69) is 62.6 Å². The van der Waals surface area contributed by atoms with Crippen molar-refractivity contribution in [1.29, 1.82) is 0 Å². The second-order valence-electron chi connectivity index (χ2n) is 4.77. The topological polar surface area (TPSA) is 28.2 Å². The van der Waals surface area contributed by atoms with E-state index in [9.17, 15) is 0 Å². The van der Waals surface area contributed by atoms with Gasteiger partial charge in [-0.1, -0.05) is 6.92 Å². The fourth-order valence-corrected chi connectivity index (χ4v) is 3.57. The molecule has 0 bridgehead atoms. The van der Waals surface area contributed by atoms with Crippen LogP contribution < -0.4 is 10.2 Å². The highest BCUT2D eigenvalue weighted by Gasteiger charge is 2.09. The number of nitrogens with zero attached hydrogens (tertiary/aromatic N) is 2. The molecule has 2 aromatic heterocycles. The number of aromatic nitrogens is 1. The Morgan fingerprint density at radius 1 is 1.45 bits per heavy atom. The molecule has 0 atom stereocenters. The Morgan fingerprint density at radius 2 is 2.30 bits per heavy atom. The molecule has 0 radical (unpaired) electrons. The van der Waals surface area contributed by atoms with Crippen LogP contribution in [0.15, 0.2) is 34.4 Å². The molecule has 0 fully saturated rings. The molecule has 3 nitrogen and oxygen atoms in total. The number of rotatable bonds is 7. The molecule has 2 heterocycles. The summed E-state index contributed by atoms with van der Waals surface area (Å²) < 4.78 is 1.15. The predicted molar refractivity (Wildman–Crippen MR) is 90.4 cm³/mol. The number of hydrogen-bond acceptors (Lipinski definition) is 4. The highest BCUT2D eigenvalue weighted by molar-refractivity contribution is 9.10. The molecule has 5 heteroatoms. The van der Waals surface area contributed by atoms with Crippen molar-refractivity contribution in [3.8, 4) is 0 Å². The van der Waals surface area contributed by atoms with Gasteiger partial charge in [0.15, 0.2) is 0 Å². The molecule has 0 aromatic carbocycles. The van der Waals surface area contributed by atoms with Gasteiger partial charge >= 0.3 is 0 Å². The molecule has 2 rings (SSSR count). The molecule has 0 aliphatic heterocycles. The SMILES string of the molecule is CCCNCc1ccncc1N(C)Cc1cc(Br)cs1. The van der Waals surface area contributed by atoms with Crippen LogP contribution in [0.1, 0.15) is 23.8 Å². The fraction of sp³-hybridized carbons (Fsp3) is 0.400. The average molecular weight is 354 g/mol. The monoisotopic (exact) mass is 353 g/mol. The smallest absolute Gasteiger partial charge is 0.0599 e. The zero-order valence-electron chi connectivity index (χ0n) is 11.9. The van der Waals surface area contributed by atoms with Gasteiger partial charge in [0.1, 0.15) is 0 Å². The molecular formula is C15H20BrN3S. The van der Waals surface area contributed by atoms with E-state index in [0.29, 0.717) is 0 Å². The lowest BCUT2D eigenvalue weighted by atomic mass is 10.2. The maximum atomic E-state index is 4.27. The zero-order chi connectivity index (χ0) is 14.4. The first-order valence-corrected chi connectivity index (χ1v) is 8.45. The summed E-state index contributed by atoms with van der Waals surface area (Å²) in [6.07, 6.45) is 4.97. The van der Waals surface area contributed by atoms with Crippen LogP contribution in [-0.4, -0.2) is 18.6 Å². The number of hydrogen-bond donors (Lipinski definition) is 1. The number of pyridine rings is 1. The summed E-state index contributed by atoms with van der Waals surface area (Å²) in [5.74, 6) is 0. The third kappa shape index (κ3) is 4.30. The van der Waals surface area contributed by atoms with Gasteiger partial charge in [-0.05, 0) is 46.6 Å². The predicted octanol–water partition coefficient (Wildman–Crippen LogP) is 4.04. The van der Waals surface area contributed by atoms with Gasteiger partial charge in [0.2, 0.25) is 0 Å². The lowest BCUT2D eigenvalue weighted by molar-refractivity contribution is 0.673. The highest BCUT2D eigenvalue weighted by atomic mass is 79.9. The molecule has 0 spiro atoms. The number of thiophene rings is 1. The van der Waals surface area contributed by atoms with E-state index in [4.69, 9.17) is 0 Å². The number of anilines is 1. The van der Waals surface area contributed by atoms with Gasteiger partial charge in [-0.15, -0.1) is 11.3 Å². The van der Waals surface area contributed by atoms with Crippen molar-refractivity contribution >= 4 is 33.0 Å². The molecule has 108 valence electrons. The van der Waals surface area contributed by atoms with Crippen LogP contribution in [0.25, 0.3) is 0 Å². The Labute approximate surface area is 133 Å². The molecular weight excluding hydrogens is 334 g/mol. The first kappa shape index (κ1) is 15.5. The van der Waals surface area contributed by atoms with E-state index >= 15 is 0 Å². The summed E-state index contributed by atoms with van der Waals surface area (Å²) in [7, 11) is 2.12. The van der Waals surface area contributed by atoms with E-state index in [1.807, 2.05) is 12.4 Å². The molecule has 20 heavy (non-hydrogen) atoms. The summed E-state index contributed by atoms with van der Waals surface area (Å²) in [6.45, 7) is 5.03. The minimum atomic E-state index is 0.893. The van der Waals surface area contributed by atoms with Gasteiger partial charge in [0, 0.05) is 34.5 Å². The Morgan fingerprint density at radius 3 is 3.00 bits per heavy atom. The van der Waals surface area contributed by atoms with Gasteiger partial charge < -0.3 is 10.2 Å². The number of nitrogens with one attached hydrogen (secondary N) is 1. The van der Waals surface area contributed by atoms with Crippen LogP contribution in [0.5, 0.6) is 0 Å². The van der Waals surface area contributed by atoms with Gasteiger partial charge in [0.25, 0.3) is 0 Å². The second-order valence-corrected chi connectivity index (χ2v) is 6.68. The molecule has 0 amide bonds. The fourth-order valence-electron chi connectivity index (χ4n) is 2.06. The van der Waals surface area contributed by atoms with Crippen LogP contribution in [0.3, 0.4) is 0 Å². The van der Waals surface area contributed by atoms with Crippen molar-refractivity contribution in [3.05, 3.63) is 44.8 Å². The number of halogens is 1. The minimum Gasteiger partial charge on any atom is -0.368 e. The summed E-state index contributed by atoms with van der Waals surface area (Å²) in [4.78, 5) is 7.87. The van der Waals surface area contributed by atoms with E-state index in [1.165, 1.54) is 16.1 Å². The molecule has 0 saturated heterocycles. The first-order chi connectivity index (χ1) is 9.70. The first-order valence-electron chi connectivity index (χ1n) is 6.78. The van der Waals surface area contributed by atoms with Crippen molar-refractivity contribution in [2.24, 2.45) is 0 Å². The normalized spacial score (nSPS) is 10.8. The summed E-state index contributed by atoms with van der Waals surface area (Å²) in [6, 6.07) is 4.27. The molecule has 0 aliphatic rings. The highest BCUT2D eigenvalue weighted by Crippen LogP contribution is 2.24. The minimum absolute atomic E-state index is 0.893. The standard InChI is InChI=1S/C15H20BrN3S/c1-3-5-17-8-12-4-6-18-9-15(12)19(2)10-14-7-13(16)11-20-14/h4,6-7,9,11,17H,3,5,8,10H2,1-2H3. The van der Waals surface area contributed by atoms with Crippen LogP contribution in [-0.2, 0) is 13.1 Å². The zero-order valence-corrected chi connectivity index (χ0v) is 14.3. The lowest BCUT2D eigenvalue weighted by Gasteiger charge is -2.21. The third-order valence-electron chi connectivity index (χ3n) is 3.06. The molecule has 2 aromatic rings. The Hall–Kier alpha value is -0.910. The van der Waals surface area contributed by atoms with Crippen LogP contribution >= 0.6 is 27.3 Å². The van der Waals surface area contributed by atoms with Crippen molar-refractivity contribution in [1.82, 2.24) is 10.3 Å². The van der Waals surface area contributed by atoms with Crippen LogP contribution in [0, 0.1) is 0 Å². The van der Waals surface area contributed by atoms with E-state index < -0.39 is 0 Å². The van der Waals surface area contributed by atoms with Gasteiger partial charge in [-0.2, -0.15) is 0 Å². The van der Waals surface area contributed by atoms with E-state index in [-0.39, 0.29) is 0 Å². The second kappa shape index (κ2) is 7.76. The van der Waals surface area contributed by atoms with E-state index in [1.54, 1.807) is 11.3 Å². The molecule has 0 aliphatic carbocycles. The Balaban J connectivity index is 2.06. The maximum Gasteiger partial charge on any atom is 0.0599 e. The largest absolute Gasteiger partial charge is 0.368 e. The van der Waals surface area contributed by atoms with Crippen LogP contribution in [0.4, 0.5) is 5.69 Å². The van der Waals surface area contributed by atoms with Gasteiger partial charge in [0.05, 0.1) is 18.4 Å². The summed E-state index contributed by atoms with van der Waals surface area (Å²) in [5, 5.41) is 5.58. The average Bonchev–Trinajstić information content (AvgIpc) is 2.85. The van der Waals surface area contributed by atoms with Gasteiger partial charge in [-0.3, -0.25) is 4.98 Å². The molecule has 0 saturated carbocycles. The van der Waals surface area contributed by atoms with Crippen molar-refractivity contribution in [3.63, 3.8) is 0 Å². The molecule has 1 N–H and O–H groups in total. The van der Waals surface area contributed by atoms with Crippen LogP contribution in [0.2, 0.25) is 0 Å². The van der Waals surface area contributed by atoms with Crippen molar-refractivity contribution in [2.45, 2.75) is 26.4 Å². The molecule has 0 unspecified atom stereocenters. The quantitative estimate of drug-likeness (QED) is 0.761. The maximum absolute atomic E-state index is 4.27. The third-order valence-corrected chi connectivity index (χ3v) is 4.74. The van der Waals surface area contributed by atoms with E-state index in [0.717, 1.165) is 30.5 Å². The van der Waals surface area contributed by atoms with Crippen molar-refractivity contribution < 1.29 is 0 Å². The Bertz CT molecular complexity index is 541. The summed E-state index contributed by atoms with van der Waals surface area (Å²) >= 11 is 5.28. The van der Waals surface area contributed by atoms with Crippen molar-refractivity contribution in [2.75, 3.05) is 18.5 Å². The summed E-state index contributed by atoms with van der Waals surface area (Å²) in [5.41, 5.74) is 2.49. The Kier molecular flexibility index (Phi) is 6.01.